The first kappa shape index (κ1) is 15.2. The summed E-state index contributed by atoms with van der Waals surface area (Å²) in [5, 5.41) is 3.94. The van der Waals surface area contributed by atoms with E-state index >= 15 is 0 Å². The second kappa shape index (κ2) is 6.52. The highest BCUT2D eigenvalue weighted by atomic mass is 79.9. The van der Waals surface area contributed by atoms with Gasteiger partial charge < -0.3 is 14.5 Å². The second-order valence-corrected chi connectivity index (χ2v) is 5.44. The molecule has 4 nitrogen and oxygen atoms in total. The fraction of sp³-hybridized carbons (Fsp3) is 0.154. The van der Waals surface area contributed by atoms with E-state index in [2.05, 4.69) is 26.0 Å². The van der Waals surface area contributed by atoms with Crippen molar-refractivity contribution in [3.8, 4) is 0 Å². The van der Waals surface area contributed by atoms with Crippen molar-refractivity contribution < 1.29 is 13.9 Å². The van der Waals surface area contributed by atoms with Crippen LogP contribution in [0.5, 0.6) is 0 Å². The molecular weight excluding hydrogens is 369 g/mol. The van der Waals surface area contributed by atoms with Gasteiger partial charge in [-0.1, -0.05) is 23.2 Å². The van der Waals surface area contributed by atoms with E-state index in [1.807, 2.05) is 0 Å². The predicted molar refractivity (Wildman–Crippen MR) is 81.5 cm³/mol. The van der Waals surface area contributed by atoms with Crippen LogP contribution < -0.4 is 5.32 Å². The van der Waals surface area contributed by atoms with Gasteiger partial charge in [0.15, 0.2) is 0 Å². The zero-order valence-corrected chi connectivity index (χ0v) is 13.5. The Labute approximate surface area is 134 Å². The van der Waals surface area contributed by atoms with Crippen LogP contribution in [0.4, 0.5) is 5.69 Å². The average Bonchev–Trinajstić information content (AvgIpc) is 2.92. The minimum atomic E-state index is -0.513. The van der Waals surface area contributed by atoms with Crippen molar-refractivity contribution in [1.82, 2.24) is 0 Å². The molecule has 0 bridgehead atoms. The summed E-state index contributed by atoms with van der Waals surface area (Å²) < 4.78 is 10.6. The molecule has 0 atom stereocenters. The normalized spacial score (nSPS) is 10.4. The van der Waals surface area contributed by atoms with E-state index in [-0.39, 0.29) is 5.76 Å². The van der Waals surface area contributed by atoms with Crippen LogP contribution in [0.25, 0.3) is 0 Å². The summed E-state index contributed by atoms with van der Waals surface area (Å²) in [6.07, 6.45) is 0. The molecule has 1 aromatic carbocycles. The molecule has 1 aromatic heterocycles. The monoisotopic (exact) mass is 377 g/mol. The highest BCUT2D eigenvalue weighted by molar-refractivity contribution is 9.10. The van der Waals surface area contributed by atoms with E-state index in [0.717, 1.165) is 4.47 Å². The van der Waals surface area contributed by atoms with Gasteiger partial charge in [-0.15, -0.1) is 0 Å². The highest BCUT2D eigenvalue weighted by Gasteiger charge is 2.12. The molecule has 0 saturated heterocycles. The van der Waals surface area contributed by atoms with Gasteiger partial charge in [0, 0.05) is 4.47 Å². The van der Waals surface area contributed by atoms with Gasteiger partial charge in [0.25, 0.3) is 0 Å². The number of anilines is 1. The fourth-order valence-electron chi connectivity index (χ4n) is 1.53. The minimum Gasteiger partial charge on any atom is -0.463 e. The van der Waals surface area contributed by atoms with Gasteiger partial charge in [-0.2, -0.15) is 0 Å². The number of hydrogen-bond donors (Lipinski definition) is 1. The Hall–Kier alpha value is -1.17. The Bertz CT molecular complexity index is 643. The Morgan fingerprint density at radius 1 is 1.30 bits per heavy atom. The number of benzene rings is 1. The summed E-state index contributed by atoms with van der Waals surface area (Å²) >= 11 is 15.4. The number of nitrogens with one attached hydrogen (secondary N) is 1. The lowest BCUT2D eigenvalue weighted by atomic mass is 10.3. The first-order chi connectivity index (χ1) is 9.52. The van der Waals surface area contributed by atoms with Crippen LogP contribution in [0.3, 0.4) is 0 Å². The lowest BCUT2D eigenvalue weighted by molar-refractivity contribution is 0.0563. The van der Waals surface area contributed by atoms with E-state index in [1.54, 1.807) is 24.3 Å². The number of carbonyl (C=O) groups is 1. The van der Waals surface area contributed by atoms with Crippen LogP contribution >= 0.6 is 39.1 Å². The van der Waals surface area contributed by atoms with Gasteiger partial charge >= 0.3 is 5.97 Å². The maximum atomic E-state index is 11.3. The molecule has 0 saturated carbocycles. The van der Waals surface area contributed by atoms with Crippen LogP contribution in [0, 0.1) is 0 Å². The largest absolute Gasteiger partial charge is 0.463 e. The first-order valence-electron chi connectivity index (χ1n) is 5.57. The van der Waals surface area contributed by atoms with Gasteiger partial charge in [0.1, 0.15) is 5.76 Å². The Morgan fingerprint density at radius 3 is 2.75 bits per heavy atom. The number of rotatable bonds is 4. The van der Waals surface area contributed by atoms with E-state index < -0.39 is 5.97 Å². The number of esters is 1. The molecule has 7 heteroatoms. The van der Waals surface area contributed by atoms with Crippen molar-refractivity contribution in [2.75, 3.05) is 12.4 Å². The molecule has 0 aliphatic rings. The second-order valence-electron chi connectivity index (χ2n) is 3.83. The molecule has 0 unspecified atom stereocenters. The van der Waals surface area contributed by atoms with Crippen LogP contribution in [-0.4, -0.2) is 13.1 Å². The average molecular weight is 379 g/mol. The van der Waals surface area contributed by atoms with E-state index in [4.69, 9.17) is 27.6 Å². The standard InChI is InChI=1S/C13H10BrCl2NO3/c1-19-13(18)10-5-2-7(20-10)6-17-9-4-3-8(14)11(15)12(9)16/h2-5,17H,6H2,1H3. The predicted octanol–water partition coefficient (Wildman–Crippen LogP) is 4.75. The zero-order valence-electron chi connectivity index (χ0n) is 10.4. The smallest absolute Gasteiger partial charge is 0.373 e. The molecule has 1 heterocycles. The molecule has 106 valence electrons. The molecule has 1 N–H and O–H groups in total. The van der Waals surface area contributed by atoms with E-state index in [9.17, 15) is 4.79 Å². The number of methoxy groups -OCH3 is 1. The molecule has 20 heavy (non-hydrogen) atoms. The van der Waals surface area contributed by atoms with Crippen LogP contribution in [-0.2, 0) is 11.3 Å². The summed E-state index contributed by atoms with van der Waals surface area (Å²) in [5.41, 5.74) is 0.677. The van der Waals surface area contributed by atoms with Crippen molar-refractivity contribution in [1.29, 1.82) is 0 Å². The van der Waals surface area contributed by atoms with Crippen LogP contribution in [0.15, 0.2) is 33.2 Å². The van der Waals surface area contributed by atoms with Crippen LogP contribution in [0.2, 0.25) is 10.0 Å². The lowest BCUT2D eigenvalue weighted by Crippen LogP contribution is -2.00. The molecule has 0 spiro atoms. The van der Waals surface area contributed by atoms with Crippen molar-refractivity contribution >= 4 is 50.8 Å². The number of hydrogen-bond acceptors (Lipinski definition) is 4. The van der Waals surface area contributed by atoms with Gasteiger partial charge in [0.2, 0.25) is 5.76 Å². The van der Waals surface area contributed by atoms with Crippen LogP contribution in [0.1, 0.15) is 16.3 Å². The van der Waals surface area contributed by atoms with Crippen molar-refractivity contribution in [2.45, 2.75) is 6.54 Å². The summed E-state index contributed by atoms with van der Waals surface area (Å²) in [5.74, 6) is 0.228. The van der Waals surface area contributed by atoms with Gasteiger partial charge in [-0.05, 0) is 40.2 Å². The molecule has 0 fully saturated rings. The molecule has 2 aromatic rings. The number of carbonyl (C=O) groups excluding carboxylic acids is 1. The van der Waals surface area contributed by atoms with Gasteiger partial charge in [-0.25, -0.2) is 4.79 Å². The third kappa shape index (κ3) is 3.29. The zero-order chi connectivity index (χ0) is 14.7. The molecule has 0 radical (unpaired) electrons. The molecular formula is C13H10BrCl2NO3. The highest BCUT2D eigenvalue weighted by Crippen LogP contribution is 2.36. The van der Waals surface area contributed by atoms with E-state index in [0.29, 0.717) is 28.0 Å². The molecule has 0 amide bonds. The number of furan rings is 1. The summed E-state index contributed by atoms with van der Waals surface area (Å²) in [4.78, 5) is 11.3. The quantitative estimate of drug-likeness (QED) is 0.616. The molecule has 0 aliphatic carbocycles. The van der Waals surface area contributed by atoms with E-state index in [1.165, 1.54) is 7.11 Å². The maximum absolute atomic E-state index is 11.3. The van der Waals surface area contributed by atoms with Crippen molar-refractivity contribution in [3.05, 3.63) is 50.3 Å². The fourth-order valence-corrected chi connectivity index (χ4v) is 2.37. The maximum Gasteiger partial charge on any atom is 0.373 e. The third-order valence-electron chi connectivity index (χ3n) is 2.54. The van der Waals surface area contributed by atoms with Gasteiger partial charge in [0.05, 0.1) is 29.4 Å². The Morgan fingerprint density at radius 2 is 2.05 bits per heavy atom. The van der Waals surface area contributed by atoms with Crippen molar-refractivity contribution in [3.63, 3.8) is 0 Å². The van der Waals surface area contributed by atoms with Crippen molar-refractivity contribution in [2.24, 2.45) is 0 Å². The SMILES string of the molecule is COC(=O)c1ccc(CNc2ccc(Br)c(Cl)c2Cl)o1. The molecule has 2 rings (SSSR count). The lowest BCUT2D eigenvalue weighted by Gasteiger charge is -2.09. The Kier molecular flexibility index (Phi) is 4.96. The topological polar surface area (TPSA) is 51.5 Å². The number of ether oxygens (including phenoxy) is 1. The summed E-state index contributed by atoms with van der Waals surface area (Å²) in [6, 6.07) is 6.83. The third-order valence-corrected chi connectivity index (χ3v) is 4.31. The summed E-state index contributed by atoms with van der Waals surface area (Å²) in [7, 11) is 1.30. The first-order valence-corrected chi connectivity index (χ1v) is 7.12. The number of halogens is 3. The Balaban J connectivity index is 2.07. The summed E-state index contributed by atoms with van der Waals surface area (Å²) in [6.45, 7) is 0.370. The molecule has 0 aliphatic heterocycles. The minimum absolute atomic E-state index is 0.157. The van der Waals surface area contributed by atoms with Gasteiger partial charge in [-0.3, -0.25) is 0 Å².